The molecule has 2 aliphatic heterocycles. The number of carboxylic acids is 1. The number of hydrogen-bond acceptors (Lipinski definition) is 4. The van der Waals surface area contributed by atoms with Crippen molar-refractivity contribution in [2.24, 2.45) is 11.3 Å². The Morgan fingerprint density at radius 3 is 2.27 bits per heavy atom. The minimum absolute atomic E-state index is 0.0245. The van der Waals surface area contributed by atoms with E-state index in [2.05, 4.69) is 0 Å². The van der Waals surface area contributed by atoms with Gasteiger partial charge < -0.3 is 9.84 Å². The van der Waals surface area contributed by atoms with E-state index in [4.69, 9.17) is 4.74 Å². The average Bonchev–Trinajstić information content (AvgIpc) is 2.94. The van der Waals surface area contributed by atoms with Crippen molar-refractivity contribution in [3.8, 4) is 0 Å². The molecule has 6 nitrogen and oxygen atoms in total. The molecular formula is C16H18F3NO5S. The fourth-order valence-corrected chi connectivity index (χ4v) is 5.25. The zero-order chi connectivity index (χ0) is 19.2. The first-order valence-corrected chi connectivity index (χ1v) is 9.48. The normalized spacial score (nSPS) is 24.0. The van der Waals surface area contributed by atoms with E-state index in [1.54, 1.807) is 0 Å². The summed E-state index contributed by atoms with van der Waals surface area (Å²) in [5.74, 6) is -1.94. The van der Waals surface area contributed by atoms with Crippen molar-refractivity contribution in [3.05, 3.63) is 29.8 Å². The molecule has 1 spiro atoms. The van der Waals surface area contributed by atoms with Gasteiger partial charge in [0.2, 0.25) is 10.0 Å². The molecule has 0 saturated carbocycles. The average molecular weight is 393 g/mol. The summed E-state index contributed by atoms with van der Waals surface area (Å²) in [7, 11) is -4.08. The molecule has 10 heteroatoms. The highest BCUT2D eigenvalue weighted by Gasteiger charge is 2.53. The second kappa shape index (κ2) is 6.50. The smallest absolute Gasteiger partial charge is 0.416 e. The summed E-state index contributed by atoms with van der Waals surface area (Å²) in [5, 5.41) is 9.52. The fourth-order valence-electron chi connectivity index (χ4n) is 3.70. The van der Waals surface area contributed by atoms with Crippen LogP contribution >= 0.6 is 0 Å². The summed E-state index contributed by atoms with van der Waals surface area (Å²) in [6, 6.07) is 3.23. The number of carboxylic acid groups (broad SMARTS) is 1. The van der Waals surface area contributed by atoms with Gasteiger partial charge in [-0.2, -0.15) is 17.5 Å². The maximum atomic E-state index is 12.8. The molecule has 1 N–H and O–H groups in total. The van der Waals surface area contributed by atoms with E-state index in [0.29, 0.717) is 38.2 Å². The van der Waals surface area contributed by atoms with Crippen LogP contribution in [0.2, 0.25) is 0 Å². The fraction of sp³-hybridized carbons (Fsp3) is 0.562. The monoisotopic (exact) mass is 393 g/mol. The number of hydrogen-bond donors (Lipinski definition) is 1. The standard InChI is InChI=1S/C16H18F3NO5S/c17-16(18,19)11-1-3-12(4-2-11)26(23,24)20-9-13(14(21)22)15(10-20)5-7-25-8-6-15/h1-4,13H,5-10H2,(H,21,22). The van der Waals surface area contributed by atoms with Crippen LogP contribution in [0.25, 0.3) is 0 Å². The predicted octanol–water partition coefficient (Wildman–Crippen LogP) is 2.21. The van der Waals surface area contributed by atoms with Crippen molar-refractivity contribution in [1.29, 1.82) is 0 Å². The molecule has 2 heterocycles. The predicted molar refractivity (Wildman–Crippen MR) is 83.8 cm³/mol. The van der Waals surface area contributed by atoms with E-state index in [-0.39, 0.29) is 18.0 Å². The zero-order valence-corrected chi connectivity index (χ0v) is 14.5. The van der Waals surface area contributed by atoms with E-state index in [9.17, 15) is 31.5 Å². The van der Waals surface area contributed by atoms with Crippen molar-refractivity contribution < 1.29 is 36.2 Å². The second-order valence-electron chi connectivity index (χ2n) is 6.69. The van der Waals surface area contributed by atoms with Crippen molar-refractivity contribution in [1.82, 2.24) is 4.31 Å². The van der Waals surface area contributed by atoms with Crippen LogP contribution in [0.4, 0.5) is 13.2 Å². The van der Waals surface area contributed by atoms with Crippen LogP contribution < -0.4 is 0 Å². The third-order valence-corrected chi connectivity index (χ3v) is 7.05. The van der Waals surface area contributed by atoms with E-state index in [1.165, 1.54) is 0 Å². The molecule has 1 aromatic rings. The van der Waals surface area contributed by atoms with Gasteiger partial charge in [0.1, 0.15) is 0 Å². The zero-order valence-electron chi connectivity index (χ0n) is 13.7. The molecule has 1 atom stereocenters. The van der Waals surface area contributed by atoms with Gasteiger partial charge in [-0.3, -0.25) is 4.79 Å². The highest BCUT2D eigenvalue weighted by atomic mass is 32.2. The maximum absolute atomic E-state index is 12.8. The molecule has 0 bridgehead atoms. The molecule has 0 aromatic heterocycles. The SMILES string of the molecule is O=C(O)C1CN(S(=O)(=O)c2ccc(C(F)(F)F)cc2)CC12CCOCC2. The molecule has 1 unspecified atom stereocenters. The molecule has 2 aliphatic rings. The van der Waals surface area contributed by atoms with E-state index < -0.39 is 39.1 Å². The quantitative estimate of drug-likeness (QED) is 0.851. The lowest BCUT2D eigenvalue weighted by molar-refractivity contribution is -0.147. The van der Waals surface area contributed by atoms with Crippen LogP contribution in [-0.4, -0.2) is 50.1 Å². The van der Waals surface area contributed by atoms with Crippen molar-refractivity contribution in [2.45, 2.75) is 23.9 Å². The third kappa shape index (κ3) is 3.33. The van der Waals surface area contributed by atoms with Crippen molar-refractivity contribution >= 4 is 16.0 Å². The van der Waals surface area contributed by atoms with Crippen LogP contribution in [0.5, 0.6) is 0 Å². The van der Waals surface area contributed by atoms with Gasteiger partial charge in [-0.1, -0.05) is 0 Å². The van der Waals surface area contributed by atoms with Gasteiger partial charge in [0.25, 0.3) is 0 Å². The van der Waals surface area contributed by atoms with Gasteiger partial charge >= 0.3 is 12.1 Å². The van der Waals surface area contributed by atoms with Crippen LogP contribution in [0.15, 0.2) is 29.2 Å². The van der Waals surface area contributed by atoms with Crippen LogP contribution in [0, 0.1) is 11.3 Å². The number of halogens is 3. The molecule has 2 saturated heterocycles. The third-order valence-electron chi connectivity index (χ3n) is 5.22. The Morgan fingerprint density at radius 1 is 1.19 bits per heavy atom. The van der Waals surface area contributed by atoms with E-state index in [0.717, 1.165) is 16.4 Å². The first-order chi connectivity index (χ1) is 12.1. The summed E-state index contributed by atoms with van der Waals surface area (Å²) in [4.78, 5) is 11.4. The van der Waals surface area contributed by atoms with E-state index >= 15 is 0 Å². The number of alkyl halides is 3. The van der Waals surface area contributed by atoms with Crippen LogP contribution in [0.3, 0.4) is 0 Å². The number of aliphatic carboxylic acids is 1. The highest BCUT2D eigenvalue weighted by Crippen LogP contribution is 2.46. The number of carbonyl (C=O) groups is 1. The molecular weight excluding hydrogens is 375 g/mol. The number of ether oxygens (including phenoxy) is 1. The molecule has 3 rings (SSSR count). The first kappa shape index (κ1) is 19.1. The Morgan fingerprint density at radius 2 is 1.77 bits per heavy atom. The van der Waals surface area contributed by atoms with Crippen molar-refractivity contribution in [3.63, 3.8) is 0 Å². The molecule has 1 aromatic carbocycles. The second-order valence-corrected chi connectivity index (χ2v) is 8.62. The summed E-state index contributed by atoms with van der Waals surface area (Å²) in [6.07, 6.45) is -3.69. The Hall–Kier alpha value is -1.65. The van der Waals surface area contributed by atoms with Gasteiger partial charge in [-0.05, 0) is 37.1 Å². The summed E-state index contributed by atoms with van der Waals surface area (Å²) in [6.45, 7) is 0.547. The number of sulfonamides is 1. The Balaban J connectivity index is 1.89. The molecule has 0 amide bonds. The van der Waals surface area contributed by atoms with E-state index in [1.807, 2.05) is 0 Å². The molecule has 0 radical (unpaired) electrons. The first-order valence-electron chi connectivity index (χ1n) is 8.04. The van der Waals surface area contributed by atoms with Crippen LogP contribution in [0.1, 0.15) is 18.4 Å². The molecule has 0 aliphatic carbocycles. The lowest BCUT2D eigenvalue weighted by Gasteiger charge is -2.36. The lowest BCUT2D eigenvalue weighted by Crippen LogP contribution is -2.40. The molecule has 26 heavy (non-hydrogen) atoms. The minimum atomic E-state index is -4.56. The number of rotatable bonds is 3. The summed E-state index contributed by atoms with van der Waals surface area (Å²) >= 11 is 0. The highest BCUT2D eigenvalue weighted by molar-refractivity contribution is 7.89. The van der Waals surface area contributed by atoms with Gasteiger partial charge in [0.15, 0.2) is 0 Å². The van der Waals surface area contributed by atoms with Crippen molar-refractivity contribution in [2.75, 3.05) is 26.3 Å². The molecule has 144 valence electrons. The molecule has 2 fully saturated rings. The topological polar surface area (TPSA) is 83.9 Å². The minimum Gasteiger partial charge on any atom is -0.481 e. The number of nitrogens with zero attached hydrogens (tertiary/aromatic N) is 1. The Kier molecular flexibility index (Phi) is 4.78. The Labute approximate surface area is 148 Å². The van der Waals surface area contributed by atoms with Gasteiger partial charge in [-0.15, -0.1) is 0 Å². The van der Waals surface area contributed by atoms with Crippen LogP contribution in [-0.2, 0) is 25.7 Å². The summed E-state index contributed by atoms with van der Waals surface area (Å²) < 4.78 is 69.9. The number of benzene rings is 1. The van der Waals surface area contributed by atoms with Gasteiger partial charge in [0.05, 0.1) is 16.4 Å². The largest absolute Gasteiger partial charge is 0.481 e. The Bertz CT molecular complexity index is 785. The summed E-state index contributed by atoms with van der Waals surface area (Å²) in [5.41, 5.74) is -1.65. The lowest BCUT2D eigenvalue weighted by atomic mass is 9.72. The van der Waals surface area contributed by atoms with Gasteiger partial charge in [0, 0.05) is 31.7 Å². The maximum Gasteiger partial charge on any atom is 0.416 e. The van der Waals surface area contributed by atoms with Gasteiger partial charge in [-0.25, -0.2) is 8.42 Å².